The van der Waals surface area contributed by atoms with Crippen LogP contribution in [0, 0.1) is 0 Å². The fraction of sp³-hybridized carbons (Fsp3) is 0.400. The molecule has 1 amide bonds. The zero-order valence-corrected chi connectivity index (χ0v) is 13.4. The Balaban J connectivity index is 2.26. The number of rotatable bonds is 5. The fourth-order valence-corrected chi connectivity index (χ4v) is 2.64. The van der Waals surface area contributed by atoms with Crippen molar-refractivity contribution in [1.82, 2.24) is 14.9 Å². The third-order valence-electron chi connectivity index (χ3n) is 3.15. The summed E-state index contributed by atoms with van der Waals surface area (Å²) in [7, 11) is 0. The average molecular weight is 304 g/mol. The number of hydrogen-bond acceptors (Lipinski definition) is 5. The smallest absolute Gasteiger partial charge is 0.275 e. The lowest BCUT2D eigenvalue weighted by molar-refractivity contribution is 0.0749. The third kappa shape index (κ3) is 3.58. The molecule has 21 heavy (non-hydrogen) atoms. The van der Waals surface area contributed by atoms with E-state index in [1.807, 2.05) is 38.3 Å². The molecule has 2 rings (SSSR count). The normalized spacial score (nSPS) is 10.9. The molecule has 0 bridgehead atoms. The topological polar surface area (TPSA) is 72.1 Å². The molecule has 0 saturated carbocycles. The van der Waals surface area contributed by atoms with E-state index in [1.165, 1.54) is 6.20 Å². The standard InChI is InChI=1S/C15H20N4OS/c1-4-19(9-11-6-5-7-21-11)15(20)13-12(16)8-17-14(18-13)10(2)3/h5-8,10H,4,9,16H2,1-3H3. The molecule has 0 aliphatic carbocycles. The second kappa shape index (κ2) is 6.67. The highest BCUT2D eigenvalue weighted by Gasteiger charge is 2.20. The first-order valence-electron chi connectivity index (χ1n) is 6.97. The van der Waals surface area contributed by atoms with Crippen LogP contribution in [0.15, 0.2) is 23.7 Å². The van der Waals surface area contributed by atoms with Gasteiger partial charge in [-0.2, -0.15) is 0 Å². The van der Waals surface area contributed by atoms with Crippen LogP contribution in [0.25, 0.3) is 0 Å². The SMILES string of the molecule is CCN(Cc1cccs1)C(=O)c1nc(C(C)C)ncc1N. The Kier molecular flexibility index (Phi) is 4.90. The van der Waals surface area contributed by atoms with Crippen molar-refractivity contribution in [3.63, 3.8) is 0 Å². The minimum atomic E-state index is -0.146. The lowest BCUT2D eigenvalue weighted by atomic mass is 10.2. The minimum absolute atomic E-state index is 0.146. The molecule has 0 radical (unpaired) electrons. The van der Waals surface area contributed by atoms with Crippen LogP contribution in [0.4, 0.5) is 5.69 Å². The van der Waals surface area contributed by atoms with E-state index in [0.29, 0.717) is 30.3 Å². The number of aromatic nitrogens is 2. The number of nitrogen functional groups attached to an aromatic ring is 1. The van der Waals surface area contributed by atoms with Crippen molar-refractivity contribution >= 4 is 22.9 Å². The van der Waals surface area contributed by atoms with E-state index in [2.05, 4.69) is 9.97 Å². The van der Waals surface area contributed by atoms with Crippen molar-refractivity contribution < 1.29 is 4.79 Å². The summed E-state index contributed by atoms with van der Waals surface area (Å²) >= 11 is 1.63. The zero-order valence-electron chi connectivity index (χ0n) is 12.5. The van der Waals surface area contributed by atoms with Gasteiger partial charge in [0.25, 0.3) is 5.91 Å². The van der Waals surface area contributed by atoms with Gasteiger partial charge in [-0.3, -0.25) is 4.79 Å². The fourth-order valence-electron chi connectivity index (χ4n) is 1.92. The Bertz CT molecular complexity index is 610. The van der Waals surface area contributed by atoms with Crippen LogP contribution in [0.1, 0.15) is 47.9 Å². The highest BCUT2D eigenvalue weighted by Crippen LogP contribution is 2.18. The molecule has 112 valence electrons. The Morgan fingerprint density at radius 3 is 2.81 bits per heavy atom. The van der Waals surface area contributed by atoms with E-state index in [-0.39, 0.29) is 11.8 Å². The number of carbonyl (C=O) groups excluding carboxylic acids is 1. The molecule has 0 fully saturated rings. The Hall–Kier alpha value is -1.95. The summed E-state index contributed by atoms with van der Waals surface area (Å²) in [6.45, 7) is 7.11. The first-order chi connectivity index (χ1) is 10.0. The van der Waals surface area contributed by atoms with Gasteiger partial charge in [-0.25, -0.2) is 9.97 Å². The number of hydrogen-bond donors (Lipinski definition) is 1. The summed E-state index contributed by atoms with van der Waals surface area (Å²) in [6.07, 6.45) is 1.52. The van der Waals surface area contributed by atoms with Crippen molar-refractivity contribution in [3.8, 4) is 0 Å². The third-order valence-corrected chi connectivity index (χ3v) is 4.01. The molecule has 0 spiro atoms. The summed E-state index contributed by atoms with van der Waals surface area (Å²) in [6, 6.07) is 4.00. The molecule has 2 N–H and O–H groups in total. The highest BCUT2D eigenvalue weighted by molar-refractivity contribution is 7.09. The molecule has 2 aromatic rings. The summed E-state index contributed by atoms with van der Waals surface area (Å²) in [5.74, 6) is 0.650. The molecule has 6 heteroatoms. The highest BCUT2D eigenvalue weighted by atomic mass is 32.1. The first-order valence-corrected chi connectivity index (χ1v) is 7.85. The minimum Gasteiger partial charge on any atom is -0.396 e. The Morgan fingerprint density at radius 2 is 2.24 bits per heavy atom. The van der Waals surface area contributed by atoms with Crippen molar-refractivity contribution in [3.05, 3.63) is 40.1 Å². The van der Waals surface area contributed by atoms with E-state index in [4.69, 9.17) is 5.73 Å². The maximum Gasteiger partial charge on any atom is 0.275 e. The van der Waals surface area contributed by atoms with Gasteiger partial charge in [0.15, 0.2) is 5.69 Å². The number of nitrogens with zero attached hydrogens (tertiary/aromatic N) is 3. The summed E-state index contributed by atoms with van der Waals surface area (Å²) in [4.78, 5) is 24.1. The number of nitrogens with two attached hydrogens (primary N) is 1. The lowest BCUT2D eigenvalue weighted by Gasteiger charge is -2.20. The quantitative estimate of drug-likeness (QED) is 0.922. The van der Waals surface area contributed by atoms with Crippen LogP contribution in [0.3, 0.4) is 0 Å². The van der Waals surface area contributed by atoms with Gasteiger partial charge >= 0.3 is 0 Å². The monoisotopic (exact) mass is 304 g/mol. The maximum absolute atomic E-state index is 12.7. The molecule has 0 saturated heterocycles. The largest absolute Gasteiger partial charge is 0.396 e. The Labute approximate surface area is 128 Å². The first kappa shape index (κ1) is 15.4. The molecular formula is C15H20N4OS. The van der Waals surface area contributed by atoms with Crippen LogP contribution < -0.4 is 5.73 Å². The summed E-state index contributed by atoms with van der Waals surface area (Å²) < 4.78 is 0. The average Bonchev–Trinajstić information content (AvgIpc) is 2.97. The van der Waals surface area contributed by atoms with E-state index in [0.717, 1.165) is 4.88 Å². The molecule has 2 heterocycles. The summed E-state index contributed by atoms with van der Waals surface area (Å²) in [5, 5.41) is 2.00. The number of anilines is 1. The van der Waals surface area contributed by atoms with Gasteiger partial charge in [0.1, 0.15) is 5.82 Å². The Morgan fingerprint density at radius 1 is 1.48 bits per heavy atom. The molecule has 5 nitrogen and oxygen atoms in total. The van der Waals surface area contributed by atoms with Crippen molar-refractivity contribution in [2.75, 3.05) is 12.3 Å². The van der Waals surface area contributed by atoms with Crippen LogP contribution in [0.5, 0.6) is 0 Å². The zero-order chi connectivity index (χ0) is 15.4. The molecule has 0 atom stereocenters. The van der Waals surface area contributed by atoms with Gasteiger partial charge < -0.3 is 10.6 Å². The van der Waals surface area contributed by atoms with Gasteiger partial charge in [-0.05, 0) is 18.4 Å². The lowest BCUT2D eigenvalue weighted by Crippen LogP contribution is -2.31. The van der Waals surface area contributed by atoms with E-state index < -0.39 is 0 Å². The van der Waals surface area contributed by atoms with Crippen LogP contribution in [0.2, 0.25) is 0 Å². The van der Waals surface area contributed by atoms with Crippen LogP contribution in [-0.2, 0) is 6.54 Å². The second-order valence-corrected chi connectivity index (χ2v) is 6.12. The molecule has 2 aromatic heterocycles. The van der Waals surface area contributed by atoms with Crippen molar-refractivity contribution in [1.29, 1.82) is 0 Å². The predicted molar refractivity (Wildman–Crippen MR) is 85.3 cm³/mol. The molecule has 0 unspecified atom stereocenters. The summed E-state index contributed by atoms with van der Waals surface area (Å²) in [5.41, 5.74) is 6.51. The molecule has 0 aliphatic rings. The van der Waals surface area contributed by atoms with E-state index in [1.54, 1.807) is 16.2 Å². The van der Waals surface area contributed by atoms with Crippen molar-refractivity contribution in [2.24, 2.45) is 0 Å². The van der Waals surface area contributed by atoms with E-state index in [9.17, 15) is 4.79 Å². The number of amides is 1. The molecule has 0 aliphatic heterocycles. The van der Waals surface area contributed by atoms with Gasteiger partial charge in [0.05, 0.1) is 18.4 Å². The number of thiophene rings is 1. The van der Waals surface area contributed by atoms with Crippen molar-refractivity contribution in [2.45, 2.75) is 33.2 Å². The predicted octanol–water partition coefficient (Wildman–Crippen LogP) is 2.91. The van der Waals surface area contributed by atoms with E-state index >= 15 is 0 Å². The van der Waals surface area contributed by atoms with Gasteiger partial charge in [0, 0.05) is 17.3 Å². The second-order valence-electron chi connectivity index (χ2n) is 5.09. The molecular weight excluding hydrogens is 284 g/mol. The van der Waals surface area contributed by atoms with Crippen LogP contribution in [-0.4, -0.2) is 27.3 Å². The number of carbonyl (C=O) groups is 1. The van der Waals surface area contributed by atoms with Gasteiger partial charge in [-0.15, -0.1) is 11.3 Å². The maximum atomic E-state index is 12.7. The van der Waals surface area contributed by atoms with Gasteiger partial charge in [-0.1, -0.05) is 19.9 Å². The van der Waals surface area contributed by atoms with Crippen LogP contribution >= 0.6 is 11.3 Å². The molecule has 0 aromatic carbocycles. The van der Waals surface area contributed by atoms with Gasteiger partial charge in [0.2, 0.25) is 0 Å².